The molecule has 0 aliphatic rings. The molecule has 0 saturated heterocycles. The number of hydrogen-bond acceptors (Lipinski definition) is 3. The molecular weight excluding hydrogens is 236 g/mol. The van der Waals surface area contributed by atoms with Gasteiger partial charge in [-0.15, -0.1) is 6.42 Å². The monoisotopic (exact) mass is 248 g/mol. The number of rotatable bonds is 2. The highest BCUT2D eigenvalue weighted by Gasteiger charge is 2.09. The van der Waals surface area contributed by atoms with E-state index < -0.39 is 0 Å². The minimum absolute atomic E-state index is 0.425. The van der Waals surface area contributed by atoms with Gasteiger partial charge in [-0.3, -0.25) is 4.98 Å². The van der Waals surface area contributed by atoms with E-state index in [-0.39, 0.29) is 0 Å². The molecule has 3 rings (SSSR count). The van der Waals surface area contributed by atoms with Gasteiger partial charge >= 0.3 is 0 Å². The third-order valence-corrected chi connectivity index (χ3v) is 3.02. The van der Waals surface area contributed by atoms with Crippen LogP contribution in [-0.2, 0) is 6.54 Å². The van der Waals surface area contributed by atoms with Crippen LogP contribution in [0.25, 0.3) is 22.2 Å². The molecule has 0 unspecified atom stereocenters. The summed E-state index contributed by atoms with van der Waals surface area (Å²) in [6.07, 6.45) is 8.73. The summed E-state index contributed by atoms with van der Waals surface area (Å²) in [6, 6.07) is 9.88. The number of nitrogens with zero attached hydrogens (tertiary/aromatic N) is 3. The van der Waals surface area contributed by atoms with Gasteiger partial charge in [0, 0.05) is 17.1 Å². The van der Waals surface area contributed by atoms with Crippen molar-refractivity contribution in [1.82, 2.24) is 14.5 Å². The van der Waals surface area contributed by atoms with Crippen molar-refractivity contribution >= 4 is 16.7 Å². The summed E-state index contributed by atoms with van der Waals surface area (Å²) < 4.78 is 1.75. The number of fused-ring (bicyclic) bond motifs is 1. The van der Waals surface area contributed by atoms with Crippen LogP contribution in [0, 0.1) is 12.3 Å². The molecule has 2 N–H and O–H groups in total. The largest absolute Gasteiger partial charge is 0.383 e. The molecule has 2 heterocycles. The minimum atomic E-state index is 0.425. The van der Waals surface area contributed by atoms with Gasteiger partial charge in [-0.25, -0.2) is 4.98 Å². The summed E-state index contributed by atoms with van der Waals surface area (Å²) >= 11 is 0. The number of terminal acetylenes is 1. The van der Waals surface area contributed by atoms with Gasteiger partial charge in [-0.2, -0.15) is 0 Å². The summed E-state index contributed by atoms with van der Waals surface area (Å²) in [6.45, 7) is 0.425. The zero-order chi connectivity index (χ0) is 13.2. The summed E-state index contributed by atoms with van der Waals surface area (Å²) in [5, 5.41) is 1.06. The molecule has 0 aliphatic carbocycles. The van der Waals surface area contributed by atoms with Crippen molar-refractivity contribution in [2.45, 2.75) is 6.54 Å². The number of anilines is 1. The Bertz CT molecular complexity index is 780. The fourth-order valence-corrected chi connectivity index (χ4v) is 2.06. The van der Waals surface area contributed by atoms with E-state index in [4.69, 9.17) is 12.2 Å². The first-order valence-electron chi connectivity index (χ1n) is 5.89. The van der Waals surface area contributed by atoms with Crippen LogP contribution in [0.2, 0.25) is 0 Å². The number of imidazole rings is 1. The Morgan fingerprint density at radius 2 is 2.16 bits per heavy atom. The number of pyridine rings is 1. The lowest BCUT2D eigenvalue weighted by Crippen LogP contribution is -2.00. The quantitative estimate of drug-likeness (QED) is 0.708. The molecule has 2 aromatic heterocycles. The average Bonchev–Trinajstić information content (AvgIpc) is 2.80. The Balaban J connectivity index is 2.12. The Morgan fingerprint density at radius 1 is 1.26 bits per heavy atom. The summed E-state index contributed by atoms with van der Waals surface area (Å²) in [4.78, 5) is 8.62. The lowest BCUT2D eigenvalue weighted by atomic mass is 10.1. The van der Waals surface area contributed by atoms with Gasteiger partial charge < -0.3 is 10.3 Å². The standard InChI is InChI=1S/C15H12N4/c1-2-8-19-10-18-14(15(19)16)12-5-6-13-11(9-12)4-3-7-17-13/h1,3-7,9-10H,8,16H2. The molecular formula is C15H12N4. The van der Waals surface area contributed by atoms with Crippen molar-refractivity contribution in [3.63, 3.8) is 0 Å². The Labute approximate surface area is 110 Å². The first-order valence-corrected chi connectivity index (χ1v) is 5.89. The minimum Gasteiger partial charge on any atom is -0.383 e. The first kappa shape index (κ1) is 11.3. The van der Waals surface area contributed by atoms with Crippen LogP contribution in [-0.4, -0.2) is 14.5 Å². The smallest absolute Gasteiger partial charge is 0.132 e. The van der Waals surface area contributed by atoms with Crippen molar-refractivity contribution in [3.8, 4) is 23.6 Å². The molecule has 0 radical (unpaired) electrons. The maximum atomic E-state index is 6.05. The van der Waals surface area contributed by atoms with E-state index in [0.717, 1.165) is 22.2 Å². The van der Waals surface area contributed by atoms with Crippen LogP contribution in [0.5, 0.6) is 0 Å². The van der Waals surface area contributed by atoms with Gasteiger partial charge in [-0.1, -0.05) is 18.1 Å². The third kappa shape index (κ3) is 1.91. The Hall–Kier alpha value is -2.80. The fourth-order valence-electron chi connectivity index (χ4n) is 2.06. The highest BCUT2D eigenvalue weighted by Crippen LogP contribution is 2.26. The van der Waals surface area contributed by atoms with Crippen LogP contribution in [0.3, 0.4) is 0 Å². The van der Waals surface area contributed by atoms with Gasteiger partial charge in [0.15, 0.2) is 0 Å². The van der Waals surface area contributed by atoms with Crippen LogP contribution >= 0.6 is 0 Å². The van der Waals surface area contributed by atoms with Gasteiger partial charge in [0.25, 0.3) is 0 Å². The van der Waals surface area contributed by atoms with E-state index in [1.165, 1.54) is 0 Å². The number of nitrogen functional groups attached to an aromatic ring is 1. The lowest BCUT2D eigenvalue weighted by molar-refractivity contribution is 0.852. The van der Waals surface area contributed by atoms with Crippen LogP contribution in [0.4, 0.5) is 5.82 Å². The number of aromatic nitrogens is 3. The Kier molecular flexibility index (Phi) is 2.66. The van der Waals surface area contributed by atoms with Gasteiger partial charge in [0.1, 0.15) is 11.5 Å². The Morgan fingerprint density at radius 3 is 3.00 bits per heavy atom. The van der Waals surface area contributed by atoms with E-state index in [1.54, 1.807) is 17.1 Å². The summed E-state index contributed by atoms with van der Waals surface area (Å²) in [7, 11) is 0. The number of hydrogen-bond donors (Lipinski definition) is 1. The van der Waals surface area contributed by atoms with Gasteiger partial charge in [-0.05, 0) is 18.2 Å². The fraction of sp³-hybridized carbons (Fsp3) is 0.0667. The molecule has 0 aliphatic heterocycles. The molecule has 19 heavy (non-hydrogen) atoms. The van der Waals surface area contributed by atoms with Gasteiger partial charge in [0.05, 0.1) is 18.4 Å². The predicted molar refractivity (Wildman–Crippen MR) is 76.2 cm³/mol. The highest BCUT2D eigenvalue weighted by molar-refractivity contribution is 5.85. The molecule has 0 bridgehead atoms. The predicted octanol–water partition coefficient (Wildman–Crippen LogP) is 2.31. The molecule has 0 spiro atoms. The van der Waals surface area contributed by atoms with Crippen LogP contribution in [0.15, 0.2) is 42.9 Å². The summed E-state index contributed by atoms with van der Waals surface area (Å²) in [5.74, 6) is 3.14. The molecule has 0 fully saturated rings. The van der Waals surface area contributed by atoms with Crippen LogP contribution in [0.1, 0.15) is 0 Å². The molecule has 4 heteroatoms. The maximum Gasteiger partial charge on any atom is 0.132 e. The van der Waals surface area contributed by atoms with E-state index in [9.17, 15) is 0 Å². The molecule has 3 aromatic rings. The summed E-state index contributed by atoms with van der Waals surface area (Å²) in [5.41, 5.74) is 8.72. The second-order valence-electron chi connectivity index (χ2n) is 4.22. The van der Waals surface area contributed by atoms with Gasteiger partial charge in [0.2, 0.25) is 0 Å². The zero-order valence-electron chi connectivity index (χ0n) is 10.2. The second kappa shape index (κ2) is 4.46. The molecule has 92 valence electrons. The van der Waals surface area contributed by atoms with Crippen molar-refractivity contribution in [2.75, 3.05) is 5.73 Å². The molecule has 0 atom stereocenters. The van der Waals surface area contributed by atoms with Crippen LogP contribution < -0.4 is 5.73 Å². The zero-order valence-corrected chi connectivity index (χ0v) is 10.2. The molecule has 0 amide bonds. The maximum absolute atomic E-state index is 6.05. The molecule has 4 nitrogen and oxygen atoms in total. The van der Waals surface area contributed by atoms with Crippen molar-refractivity contribution in [3.05, 3.63) is 42.9 Å². The van der Waals surface area contributed by atoms with E-state index in [2.05, 4.69) is 15.9 Å². The first-order chi connectivity index (χ1) is 9.29. The third-order valence-electron chi connectivity index (χ3n) is 3.02. The van der Waals surface area contributed by atoms with Crippen molar-refractivity contribution < 1.29 is 0 Å². The van der Waals surface area contributed by atoms with Crippen molar-refractivity contribution in [1.29, 1.82) is 0 Å². The lowest BCUT2D eigenvalue weighted by Gasteiger charge is -2.03. The average molecular weight is 248 g/mol. The number of benzene rings is 1. The second-order valence-corrected chi connectivity index (χ2v) is 4.22. The topological polar surface area (TPSA) is 56.7 Å². The van der Waals surface area contributed by atoms with Crippen molar-refractivity contribution in [2.24, 2.45) is 0 Å². The normalized spacial score (nSPS) is 10.5. The number of nitrogens with two attached hydrogens (primary N) is 1. The SMILES string of the molecule is C#CCn1cnc(-c2ccc3ncccc3c2)c1N. The molecule has 1 aromatic carbocycles. The molecule has 0 saturated carbocycles. The van der Waals surface area contributed by atoms with E-state index in [0.29, 0.717) is 12.4 Å². The van der Waals surface area contributed by atoms with E-state index in [1.807, 2.05) is 30.3 Å². The van der Waals surface area contributed by atoms with E-state index >= 15 is 0 Å². The highest BCUT2D eigenvalue weighted by atomic mass is 15.1.